The molecule has 8 nitrogen and oxygen atoms in total. The lowest BCUT2D eigenvalue weighted by Gasteiger charge is -2.32. The molecule has 0 radical (unpaired) electrons. The topological polar surface area (TPSA) is 101 Å². The number of nitrogens with zero attached hydrogens (tertiary/aromatic N) is 2. The molecule has 3 atom stereocenters. The molecule has 0 aliphatic carbocycles. The van der Waals surface area contributed by atoms with Gasteiger partial charge in [-0.2, -0.15) is 11.8 Å². The van der Waals surface area contributed by atoms with Crippen LogP contribution in [0.3, 0.4) is 0 Å². The number of rotatable bonds is 4. The van der Waals surface area contributed by atoms with E-state index in [1.807, 2.05) is 36.6 Å². The van der Waals surface area contributed by atoms with Gasteiger partial charge >= 0.3 is 5.97 Å². The molecular formula is C20H28N4O4S3. The van der Waals surface area contributed by atoms with Gasteiger partial charge in [0, 0.05) is 11.1 Å². The normalized spacial score (nSPS) is 28.4. The van der Waals surface area contributed by atoms with Crippen LogP contribution in [0.5, 0.6) is 0 Å². The van der Waals surface area contributed by atoms with Crippen molar-refractivity contribution in [2.24, 2.45) is 0 Å². The summed E-state index contributed by atoms with van der Waals surface area (Å²) in [5.41, 5.74) is 0.112. The number of allylic oxidation sites excluding steroid dienone is 1. The summed E-state index contributed by atoms with van der Waals surface area (Å²) >= 11 is 4.84. The quantitative estimate of drug-likeness (QED) is 0.380. The monoisotopic (exact) mass is 484 g/mol. The van der Waals surface area contributed by atoms with Gasteiger partial charge in [0.05, 0.1) is 18.7 Å². The lowest BCUT2D eigenvalue weighted by molar-refractivity contribution is -0.149. The molecule has 3 rings (SSSR count). The standard InChI is InChI=1S/C20H28N4O4S3/c1-20-12-31-18(24(20)2)14-11-30-16(23-14)9-21-15(25)8-13(6-4-5-7-29-3)28-17(26)10-22-19(20)27/h4,6,11,13,18H,5,7-10,12H2,1-3H3,(H,21,25)(H,22,27)/b6-4+. The molecule has 31 heavy (non-hydrogen) atoms. The number of hydrogen-bond acceptors (Lipinski definition) is 9. The smallest absolute Gasteiger partial charge is 0.326 e. The van der Waals surface area contributed by atoms with Gasteiger partial charge in [-0.05, 0) is 38.5 Å². The Balaban J connectivity index is 1.79. The molecule has 1 aromatic heterocycles. The summed E-state index contributed by atoms with van der Waals surface area (Å²) in [5, 5.41) is 8.28. The zero-order valence-electron chi connectivity index (χ0n) is 17.9. The Morgan fingerprint density at radius 3 is 2.94 bits per heavy atom. The molecule has 1 aromatic rings. The second-order valence-corrected chi connectivity index (χ2v) is 10.6. The van der Waals surface area contributed by atoms with Crippen LogP contribution in [-0.2, 0) is 25.7 Å². The summed E-state index contributed by atoms with van der Waals surface area (Å²) in [6.45, 7) is 1.95. The second-order valence-electron chi connectivity index (χ2n) is 7.62. The number of amides is 2. The lowest BCUT2D eigenvalue weighted by atomic mass is 10.0. The number of thiazole rings is 1. The van der Waals surface area contributed by atoms with E-state index in [0.717, 1.165) is 22.9 Å². The fraction of sp³-hybridized carbons (Fsp3) is 0.600. The summed E-state index contributed by atoms with van der Waals surface area (Å²) in [6, 6.07) is 0. The van der Waals surface area contributed by atoms with Crippen LogP contribution in [0, 0.1) is 0 Å². The van der Waals surface area contributed by atoms with Crippen LogP contribution in [-0.4, -0.2) is 70.7 Å². The maximum Gasteiger partial charge on any atom is 0.326 e. The molecule has 11 heteroatoms. The van der Waals surface area contributed by atoms with Crippen LogP contribution in [0.25, 0.3) is 0 Å². The number of likely N-dealkylation sites (N-methyl/N-ethyl adjacent to an activating group) is 1. The van der Waals surface area contributed by atoms with E-state index in [4.69, 9.17) is 4.74 Å². The lowest BCUT2D eigenvalue weighted by Crippen LogP contribution is -2.55. The van der Waals surface area contributed by atoms with E-state index in [2.05, 4.69) is 15.6 Å². The minimum atomic E-state index is -0.762. The molecular weight excluding hydrogens is 456 g/mol. The number of carbonyl (C=O) groups is 3. The number of cyclic esters (lactones) is 1. The molecule has 0 aromatic carbocycles. The van der Waals surface area contributed by atoms with Gasteiger partial charge in [-0.1, -0.05) is 6.08 Å². The number of aromatic nitrogens is 1. The molecule has 2 aliphatic rings. The number of hydrogen-bond donors (Lipinski definition) is 2. The van der Waals surface area contributed by atoms with Crippen molar-refractivity contribution in [3.8, 4) is 0 Å². The number of thioether (sulfide) groups is 2. The third-order valence-corrected chi connectivity index (χ3v) is 8.42. The first-order chi connectivity index (χ1) is 14.8. The number of fused-ring (bicyclic) bond motifs is 5. The van der Waals surface area contributed by atoms with Crippen molar-refractivity contribution in [3.63, 3.8) is 0 Å². The van der Waals surface area contributed by atoms with Crippen molar-refractivity contribution in [2.75, 3.05) is 31.4 Å². The maximum atomic E-state index is 12.9. The SMILES string of the molecule is CSCC/C=C/C1CC(=O)NCc2nc(cs2)C2SCC(C)(C(=O)NCC(=O)O1)N2C. The molecule has 1 saturated heterocycles. The number of carbonyl (C=O) groups excluding carboxylic acids is 3. The molecule has 0 spiro atoms. The molecule has 170 valence electrons. The summed E-state index contributed by atoms with van der Waals surface area (Å²) in [6.07, 6.45) is 5.83. The van der Waals surface area contributed by atoms with Crippen molar-refractivity contribution < 1.29 is 19.1 Å². The Morgan fingerprint density at radius 1 is 1.35 bits per heavy atom. The average Bonchev–Trinajstić information content (AvgIpc) is 3.32. The van der Waals surface area contributed by atoms with E-state index >= 15 is 0 Å². The van der Waals surface area contributed by atoms with E-state index < -0.39 is 17.6 Å². The molecule has 0 saturated carbocycles. The van der Waals surface area contributed by atoms with Crippen molar-refractivity contribution in [1.82, 2.24) is 20.5 Å². The molecule has 1 fully saturated rings. The molecule has 4 bridgehead atoms. The van der Waals surface area contributed by atoms with E-state index in [-0.39, 0.29) is 30.2 Å². The van der Waals surface area contributed by atoms with Gasteiger partial charge in [0.2, 0.25) is 11.8 Å². The zero-order chi connectivity index (χ0) is 22.4. The van der Waals surface area contributed by atoms with Crippen LogP contribution < -0.4 is 10.6 Å². The summed E-state index contributed by atoms with van der Waals surface area (Å²) < 4.78 is 5.48. The predicted octanol–water partition coefficient (Wildman–Crippen LogP) is 1.94. The largest absolute Gasteiger partial charge is 0.456 e. The van der Waals surface area contributed by atoms with Gasteiger partial charge in [0.1, 0.15) is 28.6 Å². The van der Waals surface area contributed by atoms with Gasteiger partial charge in [-0.3, -0.25) is 19.3 Å². The van der Waals surface area contributed by atoms with Crippen molar-refractivity contribution in [1.29, 1.82) is 0 Å². The second kappa shape index (κ2) is 10.8. The van der Waals surface area contributed by atoms with Gasteiger partial charge in [-0.15, -0.1) is 23.1 Å². The van der Waals surface area contributed by atoms with Crippen LogP contribution in [0.15, 0.2) is 17.5 Å². The van der Waals surface area contributed by atoms with E-state index in [1.54, 1.807) is 29.6 Å². The maximum absolute atomic E-state index is 12.9. The molecule has 2 amide bonds. The first kappa shape index (κ1) is 24.1. The molecule has 3 heterocycles. The van der Waals surface area contributed by atoms with Crippen molar-refractivity contribution in [2.45, 2.75) is 43.3 Å². The highest BCUT2D eigenvalue weighted by atomic mass is 32.2. The molecule has 3 unspecified atom stereocenters. The van der Waals surface area contributed by atoms with Crippen LogP contribution in [0.2, 0.25) is 0 Å². The highest BCUT2D eigenvalue weighted by molar-refractivity contribution is 7.99. The summed E-state index contributed by atoms with van der Waals surface area (Å²) in [5.74, 6) is 0.509. The third-order valence-electron chi connectivity index (χ3n) is 5.30. The minimum Gasteiger partial charge on any atom is -0.456 e. The first-order valence-electron chi connectivity index (χ1n) is 10.0. The first-order valence-corrected chi connectivity index (χ1v) is 13.3. The minimum absolute atomic E-state index is 0.0205. The fourth-order valence-electron chi connectivity index (χ4n) is 3.31. The van der Waals surface area contributed by atoms with Crippen molar-refractivity contribution in [3.05, 3.63) is 28.2 Å². The van der Waals surface area contributed by atoms with Crippen LogP contribution in [0.1, 0.15) is 35.8 Å². The number of esters is 1. The van der Waals surface area contributed by atoms with Gasteiger partial charge in [0.15, 0.2) is 0 Å². The van der Waals surface area contributed by atoms with E-state index in [1.165, 1.54) is 11.3 Å². The predicted molar refractivity (Wildman–Crippen MR) is 125 cm³/mol. The highest BCUT2D eigenvalue weighted by Crippen LogP contribution is 2.45. The Kier molecular flexibility index (Phi) is 8.43. The van der Waals surface area contributed by atoms with Crippen molar-refractivity contribution >= 4 is 52.6 Å². The van der Waals surface area contributed by atoms with Crippen LogP contribution >= 0.6 is 34.9 Å². The number of ether oxygens (including phenoxy) is 1. The molecule has 2 aliphatic heterocycles. The highest BCUT2D eigenvalue weighted by Gasteiger charge is 2.48. The summed E-state index contributed by atoms with van der Waals surface area (Å²) in [7, 11) is 1.89. The fourth-order valence-corrected chi connectivity index (χ4v) is 6.08. The Bertz CT molecular complexity index is 846. The van der Waals surface area contributed by atoms with E-state index in [9.17, 15) is 14.4 Å². The number of nitrogens with one attached hydrogen (secondary N) is 2. The van der Waals surface area contributed by atoms with Gasteiger partial charge in [0.25, 0.3) is 0 Å². The van der Waals surface area contributed by atoms with Crippen LogP contribution in [0.4, 0.5) is 0 Å². The summed E-state index contributed by atoms with van der Waals surface area (Å²) in [4.78, 5) is 44.4. The zero-order valence-corrected chi connectivity index (χ0v) is 20.3. The molecule has 2 N–H and O–H groups in total. The average molecular weight is 485 g/mol. The Hall–Kier alpha value is -1.56. The van der Waals surface area contributed by atoms with Gasteiger partial charge < -0.3 is 15.4 Å². The Morgan fingerprint density at radius 2 is 2.16 bits per heavy atom. The third kappa shape index (κ3) is 6.03. The van der Waals surface area contributed by atoms with Gasteiger partial charge in [-0.25, -0.2) is 4.98 Å². The Labute approximate surface area is 194 Å². The van der Waals surface area contributed by atoms with E-state index in [0.29, 0.717) is 12.3 Å².